The van der Waals surface area contributed by atoms with Crippen molar-refractivity contribution in [3.05, 3.63) is 54.1 Å². The van der Waals surface area contributed by atoms with Crippen molar-refractivity contribution < 1.29 is 14.3 Å². The number of hydrogen-bond acceptors (Lipinski definition) is 5. The maximum Gasteiger partial charge on any atom is 0.241 e. The zero-order valence-corrected chi connectivity index (χ0v) is 16.6. The fraction of sp³-hybridized carbons (Fsp3) is 0.364. The van der Waals surface area contributed by atoms with Gasteiger partial charge in [0.2, 0.25) is 5.91 Å². The molecule has 148 valence electrons. The Bertz CT molecular complexity index is 844. The Morgan fingerprint density at radius 3 is 2.43 bits per heavy atom. The van der Waals surface area contributed by atoms with E-state index in [1.807, 2.05) is 25.1 Å². The Balaban J connectivity index is 1.59. The van der Waals surface area contributed by atoms with E-state index in [-0.39, 0.29) is 17.7 Å². The van der Waals surface area contributed by atoms with E-state index in [0.717, 1.165) is 37.6 Å². The van der Waals surface area contributed by atoms with E-state index < -0.39 is 0 Å². The summed E-state index contributed by atoms with van der Waals surface area (Å²) in [5, 5.41) is 2.93. The molecule has 0 spiro atoms. The second-order valence-electron chi connectivity index (χ2n) is 7.00. The van der Waals surface area contributed by atoms with Gasteiger partial charge < -0.3 is 15.0 Å². The van der Waals surface area contributed by atoms with Crippen LogP contribution in [0.4, 0.5) is 11.4 Å². The van der Waals surface area contributed by atoms with Crippen LogP contribution in [-0.4, -0.2) is 55.9 Å². The molecular formula is C22H27N3O3. The minimum Gasteiger partial charge on any atom is -0.495 e. The topological polar surface area (TPSA) is 61.9 Å². The van der Waals surface area contributed by atoms with Gasteiger partial charge in [-0.2, -0.15) is 0 Å². The molecule has 1 aliphatic heterocycles. The summed E-state index contributed by atoms with van der Waals surface area (Å²) in [6.45, 7) is 6.68. The molecule has 1 fully saturated rings. The van der Waals surface area contributed by atoms with Gasteiger partial charge in [-0.15, -0.1) is 0 Å². The van der Waals surface area contributed by atoms with Crippen molar-refractivity contribution in [2.24, 2.45) is 0 Å². The quantitative estimate of drug-likeness (QED) is 0.780. The number of ether oxygens (including phenoxy) is 1. The molecule has 2 aromatic carbocycles. The van der Waals surface area contributed by atoms with Gasteiger partial charge >= 0.3 is 0 Å². The van der Waals surface area contributed by atoms with E-state index in [2.05, 4.69) is 21.2 Å². The van der Waals surface area contributed by atoms with Gasteiger partial charge in [0, 0.05) is 37.4 Å². The van der Waals surface area contributed by atoms with Crippen molar-refractivity contribution in [1.29, 1.82) is 0 Å². The average molecular weight is 381 g/mol. The molecule has 1 amide bonds. The van der Waals surface area contributed by atoms with Crippen molar-refractivity contribution in [2.45, 2.75) is 19.9 Å². The maximum atomic E-state index is 12.7. The molecule has 0 aliphatic carbocycles. The molecule has 0 radical (unpaired) electrons. The lowest BCUT2D eigenvalue weighted by atomic mass is 10.1. The maximum absolute atomic E-state index is 12.7. The highest BCUT2D eigenvalue weighted by Gasteiger charge is 2.26. The standard InChI is InChI=1S/C22H27N3O3/c1-16(22(27)23-19-8-6-7-18(15-19)17(2)26)24-11-13-25(14-12-24)20-9-4-5-10-21(20)28-3/h4-10,15-16H,11-14H2,1-3H3,(H,23,27)/t16-/m0/s1. The number of methoxy groups -OCH3 is 1. The zero-order chi connectivity index (χ0) is 20.1. The van der Waals surface area contributed by atoms with E-state index in [1.54, 1.807) is 31.4 Å². The lowest BCUT2D eigenvalue weighted by molar-refractivity contribution is -0.120. The molecule has 1 saturated heterocycles. The van der Waals surface area contributed by atoms with E-state index >= 15 is 0 Å². The molecule has 0 unspecified atom stereocenters. The van der Waals surface area contributed by atoms with Crippen LogP contribution >= 0.6 is 0 Å². The summed E-state index contributed by atoms with van der Waals surface area (Å²) in [5.41, 5.74) is 2.33. The molecule has 6 heteroatoms. The van der Waals surface area contributed by atoms with Crippen LogP contribution in [0.25, 0.3) is 0 Å². The van der Waals surface area contributed by atoms with Gasteiger partial charge in [0.15, 0.2) is 5.78 Å². The number of anilines is 2. The van der Waals surface area contributed by atoms with Crippen LogP contribution < -0.4 is 15.0 Å². The van der Waals surface area contributed by atoms with Crippen LogP contribution in [-0.2, 0) is 4.79 Å². The van der Waals surface area contributed by atoms with Gasteiger partial charge in [0.1, 0.15) is 5.75 Å². The van der Waals surface area contributed by atoms with Crippen molar-refractivity contribution in [3.8, 4) is 5.75 Å². The largest absolute Gasteiger partial charge is 0.495 e. The molecule has 28 heavy (non-hydrogen) atoms. The Morgan fingerprint density at radius 1 is 1.04 bits per heavy atom. The predicted octanol–water partition coefficient (Wildman–Crippen LogP) is 3.05. The number of rotatable bonds is 6. The van der Waals surface area contributed by atoms with Crippen molar-refractivity contribution in [1.82, 2.24) is 4.90 Å². The molecule has 0 aromatic heterocycles. The first-order valence-corrected chi connectivity index (χ1v) is 9.53. The highest BCUT2D eigenvalue weighted by molar-refractivity contribution is 5.98. The minimum atomic E-state index is -0.249. The number of Topliss-reactive ketones (excluding diaryl/α,β-unsaturated/α-hetero) is 1. The summed E-state index contributed by atoms with van der Waals surface area (Å²) in [6, 6.07) is 14.8. The number of amides is 1. The average Bonchev–Trinajstić information content (AvgIpc) is 2.73. The molecule has 1 atom stereocenters. The van der Waals surface area contributed by atoms with E-state index in [9.17, 15) is 9.59 Å². The monoisotopic (exact) mass is 381 g/mol. The van der Waals surface area contributed by atoms with Gasteiger partial charge in [-0.25, -0.2) is 0 Å². The lowest BCUT2D eigenvalue weighted by Crippen LogP contribution is -2.52. The van der Waals surface area contributed by atoms with Crippen LogP contribution in [0.1, 0.15) is 24.2 Å². The van der Waals surface area contributed by atoms with Crippen LogP contribution in [0.5, 0.6) is 5.75 Å². The lowest BCUT2D eigenvalue weighted by Gasteiger charge is -2.38. The van der Waals surface area contributed by atoms with Gasteiger partial charge in [0.05, 0.1) is 18.8 Å². The fourth-order valence-corrected chi connectivity index (χ4v) is 3.47. The van der Waals surface area contributed by atoms with Crippen molar-refractivity contribution in [3.63, 3.8) is 0 Å². The number of carbonyl (C=O) groups excluding carboxylic acids is 2. The van der Waals surface area contributed by atoms with E-state index in [0.29, 0.717) is 11.3 Å². The number of nitrogens with one attached hydrogen (secondary N) is 1. The summed E-state index contributed by atoms with van der Waals surface area (Å²) < 4.78 is 5.46. The fourth-order valence-electron chi connectivity index (χ4n) is 3.47. The summed E-state index contributed by atoms with van der Waals surface area (Å²) in [4.78, 5) is 28.7. The van der Waals surface area contributed by atoms with Crippen LogP contribution in [0.3, 0.4) is 0 Å². The molecule has 1 aliphatic rings. The van der Waals surface area contributed by atoms with Gasteiger partial charge in [0.25, 0.3) is 0 Å². The van der Waals surface area contributed by atoms with E-state index in [1.165, 1.54) is 6.92 Å². The number of ketones is 1. The van der Waals surface area contributed by atoms with Gasteiger partial charge in [-0.1, -0.05) is 24.3 Å². The van der Waals surface area contributed by atoms with Gasteiger partial charge in [-0.05, 0) is 38.1 Å². The summed E-state index contributed by atoms with van der Waals surface area (Å²) in [5.74, 6) is 0.787. The first-order valence-electron chi connectivity index (χ1n) is 9.53. The summed E-state index contributed by atoms with van der Waals surface area (Å²) >= 11 is 0. The van der Waals surface area contributed by atoms with Gasteiger partial charge in [-0.3, -0.25) is 14.5 Å². The highest BCUT2D eigenvalue weighted by atomic mass is 16.5. The molecule has 0 saturated carbocycles. The third kappa shape index (κ3) is 4.51. The SMILES string of the molecule is COc1ccccc1N1CCN([C@@H](C)C(=O)Nc2cccc(C(C)=O)c2)CC1. The normalized spacial score (nSPS) is 15.8. The Morgan fingerprint density at radius 2 is 1.75 bits per heavy atom. The molecular weight excluding hydrogens is 354 g/mol. The Kier molecular flexibility index (Phi) is 6.31. The number of piperazine rings is 1. The smallest absolute Gasteiger partial charge is 0.241 e. The number of benzene rings is 2. The third-order valence-electron chi connectivity index (χ3n) is 5.20. The molecule has 1 N–H and O–H groups in total. The summed E-state index contributed by atoms with van der Waals surface area (Å²) in [7, 11) is 1.68. The molecule has 3 rings (SSSR count). The number of para-hydroxylation sites is 2. The minimum absolute atomic E-state index is 0.0170. The highest BCUT2D eigenvalue weighted by Crippen LogP contribution is 2.28. The van der Waals surface area contributed by atoms with Crippen molar-refractivity contribution >= 4 is 23.1 Å². The van der Waals surface area contributed by atoms with Crippen LogP contribution in [0, 0.1) is 0 Å². The van der Waals surface area contributed by atoms with Crippen LogP contribution in [0.2, 0.25) is 0 Å². The molecule has 1 heterocycles. The predicted molar refractivity (Wildman–Crippen MR) is 111 cm³/mol. The number of nitrogens with zero attached hydrogens (tertiary/aromatic N) is 2. The number of carbonyl (C=O) groups is 2. The first-order chi connectivity index (χ1) is 13.5. The molecule has 0 bridgehead atoms. The Labute approximate surface area is 166 Å². The van der Waals surface area contributed by atoms with Crippen molar-refractivity contribution in [2.75, 3.05) is 43.5 Å². The second-order valence-corrected chi connectivity index (χ2v) is 7.00. The molecule has 2 aromatic rings. The third-order valence-corrected chi connectivity index (χ3v) is 5.20. The number of hydrogen-bond donors (Lipinski definition) is 1. The molecule has 6 nitrogen and oxygen atoms in total. The van der Waals surface area contributed by atoms with E-state index in [4.69, 9.17) is 4.74 Å². The Hall–Kier alpha value is -2.86. The zero-order valence-electron chi connectivity index (χ0n) is 16.6. The van der Waals surface area contributed by atoms with Crippen LogP contribution in [0.15, 0.2) is 48.5 Å². The summed E-state index contributed by atoms with van der Waals surface area (Å²) in [6.07, 6.45) is 0. The second kappa shape index (κ2) is 8.89. The first kappa shape index (κ1) is 19.9.